The van der Waals surface area contributed by atoms with Crippen molar-refractivity contribution in [1.82, 2.24) is 5.16 Å². The van der Waals surface area contributed by atoms with Gasteiger partial charge in [0.1, 0.15) is 5.69 Å². The van der Waals surface area contributed by atoms with Crippen LogP contribution in [0.2, 0.25) is 0 Å². The number of halogens is 1. The fourth-order valence-corrected chi connectivity index (χ4v) is 1.92. The van der Waals surface area contributed by atoms with Crippen LogP contribution in [-0.4, -0.2) is 22.3 Å². The molecule has 0 atom stereocenters. The molecule has 6 heteroatoms. The van der Waals surface area contributed by atoms with E-state index in [1.54, 1.807) is 0 Å². The number of rotatable bonds is 2. The minimum absolute atomic E-state index is 0.00979. The van der Waals surface area contributed by atoms with Crippen molar-refractivity contribution in [3.63, 3.8) is 0 Å². The van der Waals surface area contributed by atoms with E-state index in [1.165, 1.54) is 0 Å². The first-order chi connectivity index (χ1) is 7.59. The molecule has 0 aliphatic carbocycles. The third-order valence-corrected chi connectivity index (χ3v) is 2.99. The molecule has 16 heavy (non-hydrogen) atoms. The largest absolute Gasteiger partial charge is 0.530 e. The second-order valence-electron chi connectivity index (χ2n) is 3.45. The van der Waals surface area contributed by atoms with Crippen molar-refractivity contribution in [1.29, 1.82) is 0 Å². The minimum Gasteiger partial charge on any atom is -0.421 e. The lowest BCUT2D eigenvalue weighted by Gasteiger charge is -1.97. The van der Waals surface area contributed by atoms with Crippen LogP contribution in [0.15, 0.2) is 33.3 Å². The van der Waals surface area contributed by atoms with Crippen molar-refractivity contribution in [3.05, 3.63) is 34.3 Å². The quantitative estimate of drug-likeness (QED) is 0.809. The van der Waals surface area contributed by atoms with Crippen LogP contribution in [0.1, 0.15) is 5.56 Å². The molecule has 2 N–H and O–H groups in total. The summed E-state index contributed by atoms with van der Waals surface area (Å²) in [4.78, 5) is 0. The first-order valence-corrected chi connectivity index (χ1v) is 5.47. The summed E-state index contributed by atoms with van der Waals surface area (Å²) in [5, 5.41) is 21.8. The normalized spacial score (nSPS) is 10.5. The molecule has 0 aliphatic rings. The molecule has 0 saturated heterocycles. The van der Waals surface area contributed by atoms with E-state index in [0.717, 1.165) is 11.1 Å². The van der Waals surface area contributed by atoms with E-state index in [0.29, 0.717) is 10.2 Å². The number of aryl methyl sites for hydroxylation is 1. The van der Waals surface area contributed by atoms with E-state index in [-0.39, 0.29) is 5.66 Å². The predicted octanol–water partition coefficient (Wildman–Crippen LogP) is 1.09. The molecule has 82 valence electrons. The molecule has 0 spiro atoms. The molecular weight excluding hydrogens is 273 g/mol. The van der Waals surface area contributed by atoms with Gasteiger partial charge in [0.15, 0.2) is 5.66 Å². The molecule has 0 radical (unpaired) electrons. The van der Waals surface area contributed by atoms with Gasteiger partial charge in [0.25, 0.3) is 0 Å². The molecule has 2 aromatic rings. The Morgan fingerprint density at radius 1 is 1.25 bits per heavy atom. The van der Waals surface area contributed by atoms with Crippen molar-refractivity contribution < 1.29 is 14.6 Å². The van der Waals surface area contributed by atoms with Gasteiger partial charge in [-0.15, -0.1) is 0 Å². The highest BCUT2D eigenvalue weighted by atomic mass is 79.9. The zero-order valence-electron chi connectivity index (χ0n) is 8.51. The zero-order valence-corrected chi connectivity index (χ0v) is 10.1. The molecule has 1 heterocycles. The van der Waals surface area contributed by atoms with Crippen molar-refractivity contribution in [2.24, 2.45) is 0 Å². The predicted molar refractivity (Wildman–Crippen MR) is 64.2 cm³/mol. The van der Waals surface area contributed by atoms with E-state index < -0.39 is 7.12 Å². The summed E-state index contributed by atoms with van der Waals surface area (Å²) in [6, 6.07) is 7.69. The monoisotopic (exact) mass is 281 g/mol. The van der Waals surface area contributed by atoms with Crippen LogP contribution in [-0.2, 0) is 0 Å². The van der Waals surface area contributed by atoms with Crippen molar-refractivity contribution >= 4 is 28.7 Å². The van der Waals surface area contributed by atoms with E-state index in [2.05, 4.69) is 21.1 Å². The highest BCUT2D eigenvalue weighted by Crippen LogP contribution is 2.25. The maximum Gasteiger partial charge on any atom is 0.530 e. The SMILES string of the molecule is Cc1ccc(-c2noc(B(O)O)c2Br)cc1. The summed E-state index contributed by atoms with van der Waals surface area (Å²) < 4.78 is 5.31. The third kappa shape index (κ3) is 2.04. The van der Waals surface area contributed by atoms with Gasteiger partial charge in [-0.05, 0) is 22.9 Å². The summed E-state index contributed by atoms with van der Waals surface area (Å²) in [5.41, 5.74) is 2.57. The summed E-state index contributed by atoms with van der Waals surface area (Å²) in [6.45, 7) is 1.99. The number of nitrogens with zero attached hydrogens (tertiary/aromatic N) is 1. The summed E-state index contributed by atoms with van der Waals surface area (Å²) >= 11 is 3.23. The average molecular weight is 282 g/mol. The van der Waals surface area contributed by atoms with Gasteiger partial charge in [-0.2, -0.15) is 0 Å². The molecular formula is C10H9BBrNO3. The Morgan fingerprint density at radius 3 is 2.38 bits per heavy atom. The molecule has 1 aromatic carbocycles. The van der Waals surface area contributed by atoms with Gasteiger partial charge in [-0.25, -0.2) is 0 Å². The average Bonchev–Trinajstić information content (AvgIpc) is 2.61. The van der Waals surface area contributed by atoms with Gasteiger partial charge in [-0.3, -0.25) is 0 Å². The second-order valence-corrected chi connectivity index (χ2v) is 4.24. The molecule has 0 bridgehead atoms. The van der Waals surface area contributed by atoms with Crippen molar-refractivity contribution in [2.45, 2.75) is 6.92 Å². The number of hydrogen-bond donors (Lipinski definition) is 2. The minimum atomic E-state index is -1.67. The third-order valence-electron chi connectivity index (χ3n) is 2.22. The maximum atomic E-state index is 9.00. The molecule has 0 unspecified atom stereocenters. The highest BCUT2D eigenvalue weighted by molar-refractivity contribution is 9.10. The molecule has 0 saturated carbocycles. The summed E-state index contributed by atoms with van der Waals surface area (Å²) in [7, 11) is -1.67. The van der Waals surface area contributed by atoms with Gasteiger partial charge in [-0.1, -0.05) is 35.0 Å². The Kier molecular flexibility index (Phi) is 3.14. The van der Waals surface area contributed by atoms with Gasteiger partial charge in [0, 0.05) is 5.56 Å². The van der Waals surface area contributed by atoms with E-state index in [4.69, 9.17) is 14.6 Å². The van der Waals surface area contributed by atoms with Crippen LogP contribution in [0.4, 0.5) is 0 Å². The standard InChI is InChI=1S/C10H9BBrNO3/c1-6-2-4-7(5-3-6)9-8(12)10(11(14)15)16-13-9/h2-5,14-15H,1H3. The Labute approximate surface area is 101 Å². The van der Waals surface area contributed by atoms with Gasteiger partial charge in [0.05, 0.1) is 4.47 Å². The first-order valence-electron chi connectivity index (χ1n) is 4.68. The number of aromatic nitrogens is 1. The van der Waals surface area contributed by atoms with E-state index in [1.807, 2.05) is 31.2 Å². The maximum absolute atomic E-state index is 9.00. The van der Waals surface area contributed by atoms with Crippen molar-refractivity contribution in [2.75, 3.05) is 0 Å². The molecule has 4 nitrogen and oxygen atoms in total. The first kappa shape index (κ1) is 11.4. The highest BCUT2D eigenvalue weighted by Gasteiger charge is 2.24. The topological polar surface area (TPSA) is 66.5 Å². The van der Waals surface area contributed by atoms with Crippen LogP contribution in [0.5, 0.6) is 0 Å². The Morgan fingerprint density at radius 2 is 1.88 bits per heavy atom. The van der Waals surface area contributed by atoms with Gasteiger partial charge >= 0.3 is 7.12 Å². The molecule has 2 rings (SSSR count). The molecule has 1 aromatic heterocycles. The van der Waals surface area contributed by atoms with Crippen LogP contribution in [0.3, 0.4) is 0 Å². The van der Waals surface area contributed by atoms with Crippen LogP contribution < -0.4 is 5.66 Å². The van der Waals surface area contributed by atoms with E-state index in [9.17, 15) is 0 Å². The van der Waals surface area contributed by atoms with Gasteiger partial charge in [0.2, 0.25) is 0 Å². The number of hydrogen-bond acceptors (Lipinski definition) is 4. The van der Waals surface area contributed by atoms with Crippen LogP contribution >= 0.6 is 15.9 Å². The lowest BCUT2D eigenvalue weighted by molar-refractivity contribution is 0.383. The van der Waals surface area contributed by atoms with E-state index >= 15 is 0 Å². The number of benzene rings is 1. The molecule has 0 aliphatic heterocycles. The summed E-state index contributed by atoms with van der Waals surface area (Å²) in [6.07, 6.45) is 0. The Hall–Kier alpha value is -1.11. The fraction of sp³-hybridized carbons (Fsp3) is 0.100. The molecule has 0 amide bonds. The smallest absolute Gasteiger partial charge is 0.421 e. The summed E-state index contributed by atoms with van der Waals surface area (Å²) in [5.74, 6) is 0. The second kappa shape index (κ2) is 4.41. The zero-order chi connectivity index (χ0) is 11.7. The van der Waals surface area contributed by atoms with Crippen molar-refractivity contribution in [3.8, 4) is 11.3 Å². The van der Waals surface area contributed by atoms with Gasteiger partial charge < -0.3 is 14.6 Å². The lowest BCUT2D eigenvalue weighted by atomic mass is 9.87. The lowest BCUT2D eigenvalue weighted by Crippen LogP contribution is -2.29. The Balaban J connectivity index is 2.45. The van der Waals surface area contributed by atoms with Crippen LogP contribution in [0.25, 0.3) is 11.3 Å². The van der Waals surface area contributed by atoms with Crippen LogP contribution in [0, 0.1) is 6.92 Å². The Bertz CT molecular complexity index is 495. The fourth-order valence-electron chi connectivity index (χ4n) is 1.34. The molecule has 0 fully saturated rings.